The van der Waals surface area contributed by atoms with Crippen LogP contribution in [-0.2, 0) is 4.79 Å². The quantitative estimate of drug-likeness (QED) is 0.483. The number of allylic oxidation sites excluding steroid dienone is 3. The lowest BCUT2D eigenvalue weighted by molar-refractivity contribution is -0.112. The summed E-state index contributed by atoms with van der Waals surface area (Å²) in [6, 6.07) is 0. The molecule has 0 aromatic rings. The highest BCUT2D eigenvalue weighted by Gasteiger charge is 2.30. The predicted molar refractivity (Wildman–Crippen MR) is 60.1 cm³/mol. The lowest BCUT2D eigenvalue weighted by Crippen LogP contribution is -2.24. The lowest BCUT2D eigenvalue weighted by atomic mass is 9.68. The third-order valence-electron chi connectivity index (χ3n) is 3.20. The van der Waals surface area contributed by atoms with Gasteiger partial charge in [-0.25, -0.2) is 0 Å². The first-order chi connectivity index (χ1) is 6.43. The van der Waals surface area contributed by atoms with Gasteiger partial charge in [0, 0.05) is 0 Å². The molecule has 14 heavy (non-hydrogen) atoms. The third kappa shape index (κ3) is 2.57. The second-order valence-corrected chi connectivity index (χ2v) is 4.88. The summed E-state index contributed by atoms with van der Waals surface area (Å²) in [4.78, 5) is 10.8. The van der Waals surface area contributed by atoms with E-state index in [1.54, 1.807) is 13.0 Å². The molecule has 0 aliphatic heterocycles. The van der Waals surface area contributed by atoms with Crippen molar-refractivity contribution in [2.24, 2.45) is 11.3 Å². The zero-order valence-electron chi connectivity index (χ0n) is 9.47. The normalized spacial score (nSPS) is 26.8. The van der Waals surface area contributed by atoms with E-state index < -0.39 is 0 Å². The number of carbonyl (C=O) groups is 1. The molecular formula is C13H20O. The van der Waals surface area contributed by atoms with E-state index in [-0.39, 0.29) is 11.2 Å². The van der Waals surface area contributed by atoms with Crippen LogP contribution in [0.15, 0.2) is 24.3 Å². The largest absolute Gasteiger partial charge is 0.295 e. The van der Waals surface area contributed by atoms with Gasteiger partial charge < -0.3 is 0 Å². The van der Waals surface area contributed by atoms with Crippen molar-refractivity contribution in [1.29, 1.82) is 0 Å². The van der Waals surface area contributed by atoms with Crippen molar-refractivity contribution in [1.82, 2.24) is 0 Å². The van der Waals surface area contributed by atoms with Crippen molar-refractivity contribution in [3.63, 3.8) is 0 Å². The maximum atomic E-state index is 10.8. The molecule has 0 saturated heterocycles. The van der Waals surface area contributed by atoms with Crippen molar-refractivity contribution >= 4 is 5.78 Å². The van der Waals surface area contributed by atoms with Gasteiger partial charge in [-0.2, -0.15) is 0 Å². The van der Waals surface area contributed by atoms with Crippen molar-refractivity contribution in [2.75, 3.05) is 0 Å². The zero-order chi connectivity index (χ0) is 10.8. The monoisotopic (exact) mass is 192 g/mol. The first-order valence-electron chi connectivity index (χ1n) is 5.31. The maximum Gasteiger partial charge on any atom is 0.152 e. The molecule has 0 spiro atoms. The molecule has 0 bridgehead atoms. The van der Waals surface area contributed by atoms with Gasteiger partial charge in [0.25, 0.3) is 0 Å². The summed E-state index contributed by atoms with van der Waals surface area (Å²) in [6.07, 6.45) is 7.30. The van der Waals surface area contributed by atoms with E-state index in [1.165, 1.54) is 18.4 Å². The molecule has 1 nitrogen and oxygen atoms in total. The average Bonchev–Trinajstić information content (AvgIpc) is 2.07. The Balaban J connectivity index is 2.71. The Morgan fingerprint density at radius 2 is 2.21 bits per heavy atom. The molecule has 1 saturated carbocycles. The number of carbonyl (C=O) groups excluding carboxylic acids is 1. The molecule has 1 aliphatic rings. The van der Waals surface area contributed by atoms with E-state index in [2.05, 4.69) is 20.4 Å². The highest BCUT2D eigenvalue weighted by molar-refractivity contribution is 5.87. The number of hydrogen-bond donors (Lipinski definition) is 0. The summed E-state index contributed by atoms with van der Waals surface area (Å²) in [5, 5.41) is 0. The van der Waals surface area contributed by atoms with Crippen LogP contribution in [-0.4, -0.2) is 5.78 Å². The Morgan fingerprint density at radius 1 is 1.57 bits per heavy atom. The molecular weight excluding hydrogens is 172 g/mol. The Kier molecular flexibility index (Phi) is 3.30. The molecule has 0 aromatic heterocycles. The molecule has 1 aliphatic carbocycles. The Morgan fingerprint density at radius 3 is 2.79 bits per heavy atom. The molecule has 1 atom stereocenters. The van der Waals surface area contributed by atoms with Crippen LogP contribution in [0.5, 0.6) is 0 Å². The van der Waals surface area contributed by atoms with Gasteiger partial charge in [-0.15, -0.1) is 0 Å². The summed E-state index contributed by atoms with van der Waals surface area (Å²) in [7, 11) is 0. The van der Waals surface area contributed by atoms with Crippen molar-refractivity contribution in [3.8, 4) is 0 Å². The van der Waals surface area contributed by atoms with Gasteiger partial charge in [0.1, 0.15) is 0 Å². The van der Waals surface area contributed by atoms with Crippen molar-refractivity contribution < 1.29 is 4.79 Å². The second kappa shape index (κ2) is 4.12. The van der Waals surface area contributed by atoms with Crippen LogP contribution in [0.3, 0.4) is 0 Å². The van der Waals surface area contributed by atoms with E-state index in [1.807, 2.05) is 6.08 Å². The molecule has 1 heteroatoms. The van der Waals surface area contributed by atoms with E-state index >= 15 is 0 Å². The van der Waals surface area contributed by atoms with Crippen LogP contribution in [0.1, 0.15) is 40.0 Å². The van der Waals surface area contributed by atoms with Gasteiger partial charge in [0.15, 0.2) is 5.78 Å². The van der Waals surface area contributed by atoms with E-state index in [0.29, 0.717) is 5.92 Å². The van der Waals surface area contributed by atoms with E-state index in [4.69, 9.17) is 0 Å². The maximum absolute atomic E-state index is 10.8. The molecule has 1 rings (SSSR count). The number of hydrogen-bond acceptors (Lipinski definition) is 1. The van der Waals surface area contributed by atoms with Crippen LogP contribution in [0.25, 0.3) is 0 Å². The topological polar surface area (TPSA) is 17.1 Å². The Labute approximate surface area is 86.9 Å². The summed E-state index contributed by atoms with van der Waals surface area (Å²) in [5.74, 6) is 0.531. The van der Waals surface area contributed by atoms with Gasteiger partial charge >= 0.3 is 0 Å². The minimum absolute atomic E-state index is 0.126. The summed E-state index contributed by atoms with van der Waals surface area (Å²) in [6.45, 7) is 10.2. The molecule has 0 aromatic carbocycles. The molecule has 0 heterocycles. The zero-order valence-corrected chi connectivity index (χ0v) is 9.47. The van der Waals surface area contributed by atoms with Crippen LogP contribution < -0.4 is 0 Å². The van der Waals surface area contributed by atoms with Gasteiger partial charge in [-0.05, 0) is 37.2 Å². The van der Waals surface area contributed by atoms with Crippen molar-refractivity contribution in [3.05, 3.63) is 24.3 Å². The first-order valence-corrected chi connectivity index (χ1v) is 5.31. The second-order valence-electron chi connectivity index (χ2n) is 4.88. The number of rotatable bonds is 2. The minimum atomic E-state index is 0.126. The number of ketones is 1. The highest BCUT2D eigenvalue weighted by Crippen LogP contribution is 2.42. The van der Waals surface area contributed by atoms with Crippen LogP contribution >= 0.6 is 0 Å². The molecule has 0 amide bonds. The Bertz CT molecular complexity index is 271. The van der Waals surface area contributed by atoms with E-state index in [9.17, 15) is 4.79 Å². The lowest BCUT2D eigenvalue weighted by Gasteiger charge is -2.36. The molecule has 78 valence electrons. The smallest absolute Gasteiger partial charge is 0.152 e. The first kappa shape index (κ1) is 11.2. The Hall–Kier alpha value is -0.850. The molecule has 1 fully saturated rings. The fourth-order valence-electron chi connectivity index (χ4n) is 2.06. The summed E-state index contributed by atoms with van der Waals surface area (Å²) < 4.78 is 0. The third-order valence-corrected chi connectivity index (χ3v) is 3.20. The molecule has 0 radical (unpaired) electrons. The summed E-state index contributed by atoms with van der Waals surface area (Å²) in [5.41, 5.74) is 1.52. The van der Waals surface area contributed by atoms with Crippen molar-refractivity contribution in [2.45, 2.75) is 40.0 Å². The van der Waals surface area contributed by atoms with Gasteiger partial charge in [-0.3, -0.25) is 4.79 Å². The predicted octanol–water partition coefficient (Wildman–Crippen LogP) is 3.51. The van der Waals surface area contributed by atoms with Gasteiger partial charge in [0.2, 0.25) is 0 Å². The molecule has 0 N–H and O–H groups in total. The van der Waals surface area contributed by atoms with Crippen LogP contribution in [0.2, 0.25) is 0 Å². The van der Waals surface area contributed by atoms with Gasteiger partial charge in [0.05, 0.1) is 0 Å². The highest BCUT2D eigenvalue weighted by atomic mass is 16.1. The SMILES string of the molecule is C=C1C(/C=C/C(C)=O)CCCC1(C)C. The summed E-state index contributed by atoms with van der Waals surface area (Å²) >= 11 is 0. The molecule has 1 unspecified atom stereocenters. The van der Waals surface area contributed by atoms with Gasteiger partial charge in [-0.1, -0.05) is 38.5 Å². The fourth-order valence-corrected chi connectivity index (χ4v) is 2.06. The standard InChI is InChI=1S/C13H20O/c1-10(14)7-8-12-6-5-9-13(3,4)11(12)2/h7-8,12H,2,5-6,9H2,1,3-4H3/b8-7+. The average molecular weight is 192 g/mol. The fraction of sp³-hybridized carbons (Fsp3) is 0.615. The van der Waals surface area contributed by atoms with E-state index in [0.717, 1.165) is 6.42 Å². The van der Waals surface area contributed by atoms with Crippen LogP contribution in [0, 0.1) is 11.3 Å². The minimum Gasteiger partial charge on any atom is -0.295 e. The van der Waals surface area contributed by atoms with Crippen LogP contribution in [0.4, 0.5) is 0 Å².